The van der Waals surface area contributed by atoms with Gasteiger partial charge >= 0.3 is 0 Å². The van der Waals surface area contributed by atoms with Gasteiger partial charge in [-0.1, -0.05) is 17.3 Å². The molecule has 0 spiro atoms. The van der Waals surface area contributed by atoms with E-state index in [9.17, 15) is 14.0 Å². The molecule has 24 heavy (non-hydrogen) atoms. The molecule has 1 N–H and O–H groups in total. The lowest BCUT2D eigenvalue weighted by Gasteiger charge is -2.16. The van der Waals surface area contributed by atoms with Crippen molar-refractivity contribution in [3.8, 4) is 0 Å². The molecule has 1 heterocycles. The maximum Gasteiger partial charge on any atom is 0.254 e. The predicted octanol–water partition coefficient (Wildman–Crippen LogP) is 1.34. The van der Waals surface area contributed by atoms with Gasteiger partial charge in [-0.25, -0.2) is 4.39 Å². The highest BCUT2D eigenvalue weighted by atomic mass is 19.1. The fourth-order valence-corrected chi connectivity index (χ4v) is 2.05. The van der Waals surface area contributed by atoms with Crippen LogP contribution in [0.15, 0.2) is 28.8 Å². The lowest BCUT2D eigenvalue weighted by Crippen LogP contribution is -2.33. The maximum atomic E-state index is 13.5. The fraction of sp³-hybridized carbons (Fsp3) is 0.375. The topological polar surface area (TPSA) is 88.3 Å². The standard InChI is InChI=1S/C16H19FN4O3/c1-11-19-14(20-24-11)8-10-21(2)15(22)7-9-18-16(23)12-5-3-4-6-13(12)17/h3-6H,7-10H2,1-2H3,(H,18,23). The Kier molecular flexibility index (Phi) is 6.00. The molecule has 128 valence electrons. The van der Waals surface area contributed by atoms with E-state index < -0.39 is 11.7 Å². The lowest BCUT2D eigenvalue weighted by molar-refractivity contribution is -0.129. The molecular weight excluding hydrogens is 315 g/mol. The van der Waals surface area contributed by atoms with Gasteiger partial charge in [-0.05, 0) is 12.1 Å². The number of aromatic nitrogens is 2. The number of rotatable bonds is 7. The first-order chi connectivity index (χ1) is 11.5. The van der Waals surface area contributed by atoms with Crippen LogP contribution in [0.5, 0.6) is 0 Å². The zero-order chi connectivity index (χ0) is 17.5. The van der Waals surface area contributed by atoms with Gasteiger partial charge in [0.05, 0.1) is 5.56 Å². The van der Waals surface area contributed by atoms with Gasteiger partial charge in [-0.3, -0.25) is 9.59 Å². The van der Waals surface area contributed by atoms with Crippen molar-refractivity contribution in [2.75, 3.05) is 20.1 Å². The van der Waals surface area contributed by atoms with Gasteiger partial charge in [-0.15, -0.1) is 0 Å². The third kappa shape index (κ3) is 4.87. The third-order valence-corrected chi connectivity index (χ3v) is 3.41. The number of carbonyl (C=O) groups excluding carboxylic acids is 2. The monoisotopic (exact) mass is 334 g/mol. The lowest BCUT2D eigenvalue weighted by atomic mass is 10.2. The molecule has 0 unspecified atom stereocenters. The zero-order valence-electron chi connectivity index (χ0n) is 13.6. The van der Waals surface area contributed by atoms with Crippen LogP contribution >= 0.6 is 0 Å². The molecule has 0 bridgehead atoms. The number of nitrogens with zero attached hydrogens (tertiary/aromatic N) is 3. The SMILES string of the molecule is Cc1nc(CCN(C)C(=O)CCNC(=O)c2ccccc2F)no1. The molecule has 7 nitrogen and oxygen atoms in total. The summed E-state index contributed by atoms with van der Waals surface area (Å²) in [4.78, 5) is 29.4. The van der Waals surface area contributed by atoms with Crippen LogP contribution < -0.4 is 5.32 Å². The van der Waals surface area contributed by atoms with Crippen molar-refractivity contribution < 1.29 is 18.5 Å². The van der Waals surface area contributed by atoms with Gasteiger partial charge in [0.15, 0.2) is 5.82 Å². The summed E-state index contributed by atoms with van der Waals surface area (Å²) in [6.07, 6.45) is 0.614. The van der Waals surface area contributed by atoms with Crippen molar-refractivity contribution in [3.63, 3.8) is 0 Å². The average molecular weight is 334 g/mol. The Morgan fingerprint density at radius 3 is 2.75 bits per heavy atom. The van der Waals surface area contributed by atoms with E-state index in [2.05, 4.69) is 15.5 Å². The van der Waals surface area contributed by atoms with Crippen molar-refractivity contribution >= 4 is 11.8 Å². The summed E-state index contributed by atoms with van der Waals surface area (Å²) in [5, 5.41) is 6.29. The summed E-state index contributed by atoms with van der Waals surface area (Å²) < 4.78 is 18.3. The Bertz CT molecular complexity index is 717. The molecule has 0 aliphatic heterocycles. The van der Waals surface area contributed by atoms with Crippen LogP contribution in [0.3, 0.4) is 0 Å². The Balaban J connectivity index is 1.72. The number of carbonyl (C=O) groups is 2. The van der Waals surface area contributed by atoms with Crippen molar-refractivity contribution in [2.24, 2.45) is 0 Å². The van der Waals surface area contributed by atoms with Crippen molar-refractivity contribution in [2.45, 2.75) is 19.8 Å². The molecule has 0 aliphatic carbocycles. The minimum absolute atomic E-state index is 0.0363. The van der Waals surface area contributed by atoms with Gasteiger partial charge in [0.1, 0.15) is 5.82 Å². The first-order valence-corrected chi connectivity index (χ1v) is 7.53. The summed E-state index contributed by atoms with van der Waals surface area (Å²) >= 11 is 0. The quantitative estimate of drug-likeness (QED) is 0.825. The molecule has 1 aromatic heterocycles. The second kappa shape index (κ2) is 8.19. The van der Waals surface area contributed by atoms with Crippen LogP contribution in [0.4, 0.5) is 4.39 Å². The number of halogens is 1. The molecule has 0 atom stereocenters. The molecule has 0 radical (unpaired) electrons. The van der Waals surface area contributed by atoms with E-state index in [0.717, 1.165) is 0 Å². The van der Waals surface area contributed by atoms with E-state index in [1.54, 1.807) is 20.0 Å². The number of hydrogen-bond acceptors (Lipinski definition) is 5. The Morgan fingerprint density at radius 2 is 2.08 bits per heavy atom. The zero-order valence-corrected chi connectivity index (χ0v) is 13.6. The number of aryl methyl sites for hydroxylation is 1. The number of likely N-dealkylation sites (N-methyl/N-ethyl adjacent to an activating group) is 1. The summed E-state index contributed by atoms with van der Waals surface area (Å²) in [6.45, 7) is 2.28. The van der Waals surface area contributed by atoms with Gasteiger partial charge in [0.25, 0.3) is 5.91 Å². The molecule has 0 saturated carbocycles. The molecule has 1 aromatic carbocycles. The minimum atomic E-state index is -0.589. The first-order valence-electron chi connectivity index (χ1n) is 7.53. The number of benzene rings is 1. The predicted molar refractivity (Wildman–Crippen MR) is 83.7 cm³/mol. The summed E-state index contributed by atoms with van der Waals surface area (Å²) in [5.41, 5.74) is -0.0363. The van der Waals surface area contributed by atoms with E-state index in [4.69, 9.17) is 4.52 Å². The van der Waals surface area contributed by atoms with Crippen molar-refractivity contribution in [1.82, 2.24) is 20.4 Å². The Labute approximate surface area is 138 Å². The summed E-state index contributed by atoms with van der Waals surface area (Å²) in [5.74, 6) is -0.237. The molecule has 8 heteroatoms. The summed E-state index contributed by atoms with van der Waals surface area (Å²) in [7, 11) is 1.66. The van der Waals surface area contributed by atoms with Gasteiger partial charge in [0.2, 0.25) is 11.8 Å². The Hall–Kier alpha value is -2.77. The van der Waals surface area contributed by atoms with E-state index in [1.165, 1.54) is 23.1 Å². The average Bonchev–Trinajstić information content (AvgIpc) is 2.98. The van der Waals surface area contributed by atoms with Gasteiger partial charge in [0, 0.05) is 39.9 Å². The molecule has 2 aromatic rings. The molecule has 2 rings (SSSR count). The van der Waals surface area contributed by atoms with E-state index in [1.807, 2.05) is 0 Å². The number of hydrogen-bond donors (Lipinski definition) is 1. The van der Waals surface area contributed by atoms with E-state index in [0.29, 0.717) is 24.7 Å². The largest absolute Gasteiger partial charge is 0.351 e. The first kappa shape index (κ1) is 17.6. The molecular formula is C16H19FN4O3. The normalized spacial score (nSPS) is 10.5. The highest BCUT2D eigenvalue weighted by molar-refractivity contribution is 5.94. The number of amides is 2. The number of nitrogens with one attached hydrogen (secondary N) is 1. The van der Waals surface area contributed by atoms with Crippen LogP contribution in [0.1, 0.15) is 28.5 Å². The van der Waals surface area contributed by atoms with E-state index in [-0.39, 0.29) is 24.4 Å². The second-order valence-electron chi connectivity index (χ2n) is 5.28. The van der Waals surface area contributed by atoms with Crippen LogP contribution in [-0.4, -0.2) is 47.0 Å². The van der Waals surface area contributed by atoms with Crippen LogP contribution in [0, 0.1) is 12.7 Å². The van der Waals surface area contributed by atoms with Crippen LogP contribution in [-0.2, 0) is 11.2 Å². The highest BCUT2D eigenvalue weighted by Gasteiger charge is 2.13. The van der Waals surface area contributed by atoms with Crippen LogP contribution in [0.25, 0.3) is 0 Å². The third-order valence-electron chi connectivity index (χ3n) is 3.41. The van der Waals surface area contributed by atoms with Crippen molar-refractivity contribution in [1.29, 1.82) is 0 Å². The van der Waals surface area contributed by atoms with Gasteiger partial charge in [-0.2, -0.15) is 4.98 Å². The van der Waals surface area contributed by atoms with Crippen LogP contribution in [0.2, 0.25) is 0 Å². The second-order valence-corrected chi connectivity index (χ2v) is 5.28. The molecule has 0 saturated heterocycles. The molecule has 0 fully saturated rings. The maximum absolute atomic E-state index is 13.5. The Morgan fingerprint density at radius 1 is 1.33 bits per heavy atom. The van der Waals surface area contributed by atoms with E-state index >= 15 is 0 Å². The van der Waals surface area contributed by atoms with Gasteiger partial charge < -0.3 is 14.7 Å². The fourth-order valence-electron chi connectivity index (χ4n) is 2.05. The smallest absolute Gasteiger partial charge is 0.254 e. The molecule has 2 amide bonds. The van der Waals surface area contributed by atoms with Crippen molar-refractivity contribution in [3.05, 3.63) is 47.4 Å². The molecule has 0 aliphatic rings. The summed E-state index contributed by atoms with van der Waals surface area (Å²) in [6, 6.07) is 5.70. The highest BCUT2D eigenvalue weighted by Crippen LogP contribution is 2.05. The minimum Gasteiger partial charge on any atom is -0.351 e.